The zero-order valence-electron chi connectivity index (χ0n) is 19.6. The van der Waals surface area contributed by atoms with E-state index < -0.39 is 12.2 Å². The van der Waals surface area contributed by atoms with Crippen LogP contribution in [0.2, 0.25) is 0 Å². The number of benzene rings is 2. The molecular formula is C26H25F2N5O2. The topological polar surface area (TPSA) is 76.3 Å². The average molecular weight is 478 g/mol. The number of hydrogen-bond donors (Lipinski definition) is 1. The van der Waals surface area contributed by atoms with Crippen molar-refractivity contribution in [1.82, 2.24) is 24.4 Å². The van der Waals surface area contributed by atoms with E-state index in [9.17, 15) is 13.9 Å². The predicted molar refractivity (Wildman–Crippen MR) is 126 cm³/mol. The molecule has 2 bridgehead atoms. The van der Waals surface area contributed by atoms with E-state index >= 15 is 0 Å². The maximum absolute atomic E-state index is 13.3. The highest BCUT2D eigenvalue weighted by molar-refractivity contribution is 5.83. The molecule has 7 nitrogen and oxygen atoms in total. The highest BCUT2D eigenvalue weighted by Crippen LogP contribution is 2.50. The summed E-state index contributed by atoms with van der Waals surface area (Å²) in [5.41, 5.74) is 4.14. The second-order valence-electron chi connectivity index (χ2n) is 9.79. The molecule has 35 heavy (non-hydrogen) atoms. The van der Waals surface area contributed by atoms with Gasteiger partial charge in [-0.3, -0.25) is 4.90 Å². The van der Waals surface area contributed by atoms with Gasteiger partial charge in [0.15, 0.2) is 5.82 Å². The van der Waals surface area contributed by atoms with Crippen LogP contribution in [-0.4, -0.2) is 43.2 Å². The molecule has 0 unspecified atom stereocenters. The molecule has 2 atom stereocenters. The van der Waals surface area contributed by atoms with Crippen molar-refractivity contribution in [3.63, 3.8) is 0 Å². The lowest BCUT2D eigenvalue weighted by molar-refractivity contribution is -0.0507. The summed E-state index contributed by atoms with van der Waals surface area (Å²) >= 11 is 0. The molecule has 9 heteroatoms. The van der Waals surface area contributed by atoms with Gasteiger partial charge in [0.05, 0.1) is 23.1 Å². The Morgan fingerprint density at radius 1 is 1.09 bits per heavy atom. The van der Waals surface area contributed by atoms with Crippen molar-refractivity contribution in [2.75, 3.05) is 7.05 Å². The molecule has 4 aromatic rings. The molecule has 0 amide bonds. The Kier molecular flexibility index (Phi) is 4.91. The van der Waals surface area contributed by atoms with Crippen LogP contribution >= 0.6 is 0 Å². The number of hydrogen-bond acceptors (Lipinski definition) is 6. The van der Waals surface area contributed by atoms with E-state index in [0.29, 0.717) is 12.4 Å². The van der Waals surface area contributed by atoms with Gasteiger partial charge < -0.3 is 14.4 Å². The SMILES string of the molecule is CN1Cc2cccc(OC(F)F)c2[C@@H]2C[C@H]1c1nc3ccc(-c4cnc(C(C)(C)O)nc4)cc3n12. The molecule has 2 aliphatic rings. The van der Waals surface area contributed by atoms with Crippen molar-refractivity contribution in [2.24, 2.45) is 0 Å². The van der Waals surface area contributed by atoms with Crippen LogP contribution in [0.1, 0.15) is 55.1 Å². The minimum Gasteiger partial charge on any atom is -0.434 e. The molecule has 0 radical (unpaired) electrons. The monoisotopic (exact) mass is 477 g/mol. The van der Waals surface area contributed by atoms with Crippen molar-refractivity contribution in [3.05, 3.63) is 71.6 Å². The lowest BCUT2D eigenvalue weighted by atomic mass is 9.98. The van der Waals surface area contributed by atoms with E-state index in [4.69, 9.17) is 9.72 Å². The third kappa shape index (κ3) is 3.57. The van der Waals surface area contributed by atoms with Crippen molar-refractivity contribution >= 4 is 11.0 Å². The molecule has 0 saturated carbocycles. The Morgan fingerprint density at radius 2 is 1.86 bits per heavy atom. The number of alkyl halides is 2. The molecule has 2 aromatic heterocycles. The van der Waals surface area contributed by atoms with E-state index in [2.05, 4.69) is 19.4 Å². The van der Waals surface area contributed by atoms with Gasteiger partial charge in [-0.15, -0.1) is 0 Å². The highest BCUT2D eigenvalue weighted by Gasteiger charge is 2.42. The fourth-order valence-electron chi connectivity index (χ4n) is 5.38. The van der Waals surface area contributed by atoms with Crippen molar-refractivity contribution in [1.29, 1.82) is 0 Å². The molecule has 1 N–H and O–H groups in total. The van der Waals surface area contributed by atoms with E-state index in [1.54, 1.807) is 38.4 Å². The molecular weight excluding hydrogens is 452 g/mol. The number of fused-ring (bicyclic) bond motifs is 9. The molecule has 2 aliphatic heterocycles. The first-order chi connectivity index (χ1) is 16.7. The quantitative estimate of drug-likeness (QED) is 0.455. The predicted octanol–water partition coefficient (Wildman–Crippen LogP) is 4.80. The Labute approximate surface area is 201 Å². The first kappa shape index (κ1) is 22.1. The van der Waals surface area contributed by atoms with Gasteiger partial charge in [0.1, 0.15) is 17.2 Å². The summed E-state index contributed by atoms with van der Waals surface area (Å²) in [6, 6.07) is 11.3. The molecule has 4 heterocycles. The molecule has 0 saturated heterocycles. The number of aromatic nitrogens is 4. The van der Waals surface area contributed by atoms with E-state index in [-0.39, 0.29) is 17.8 Å². The van der Waals surface area contributed by atoms with Crippen LogP contribution in [0.4, 0.5) is 8.78 Å². The molecule has 2 aromatic carbocycles. The van der Waals surface area contributed by atoms with Gasteiger partial charge in [-0.25, -0.2) is 15.0 Å². The summed E-state index contributed by atoms with van der Waals surface area (Å²) in [6.45, 7) is 1.03. The zero-order chi connectivity index (χ0) is 24.5. The van der Waals surface area contributed by atoms with Crippen LogP contribution in [0.3, 0.4) is 0 Å². The van der Waals surface area contributed by atoms with Gasteiger partial charge in [-0.05, 0) is 56.6 Å². The van der Waals surface area contributed by atoms with Crippen LogP contribution in [0, 0.1) is 0 Å². The minimum absolute atomic E-state index is 0.0667. The number of rotatable bonds is 4. The summed E-state index contributed by atoms with van der Waals surface area (Å²) in [4.78, 5) is 15.8. The van der Waals surface area contributed by atoms with Crippen molar-refractivity contribution < 1.29 is 18.6 Å². The van der Waals surface area contributed by atoms with Gasteiger partial charge in [0, 0.05) is 30.1 Å². The van der Waals surface area contributed by atoms with Crippen LogP contribution in [-0.2, 0) is 12.1 Å². The summed E-state index contributed by atoms with van der Waals surface area (Å²) in [5.74, 6) is 1.50. The summed E-state index contributed by atoms with van der Waals surface area (Å²) in [6.07, 6.45) is 4.13. The first-order valence-corrected chi connectivity index (χ1v) is 11.5. The summed E-state index contributed by atoms with van der Waals surface area (Å²) < 4.78 is 33.7. The van der Waals surface area contributed by atoms with E-state index in [0.717, 1.165) is 45.5 Å². The van der Waals surface area contributed by atoms with Crippen LogP contribution < -0.4 is 4.74 Å². The number of nitrogens with zero attached hydrogens (tertiary/aromatic N) is 5. The average Bonchev–Trinajstić information content (AvgIpc) is 3.30. The Bertz CT molecular complexity index is 1430. The van der Waals surface area contributed by atoms with Crippen molar-refractivity contribution in [2.45, 2.75) is 51.1 Å². The number of ether oxygens (including phenoxy) is 1. The van der Waals surface area contributed by atoms with Crippen molar-refractivity contribution in [3.8, 4) is 16.9 Å². The van der Waals surface area contributed by atoms with Crippen LogP contribution in [0.5, 0.6) is 5.75 Å². The van der Waals surface area contributed by atoms with Gasteiger partial charge in [-0.1, -0.05) is 18.2 Å². The Hall–Kier alpha value is -3.43. The molecule has 0 aliphatic carbocycles. The third-order valence-electron chi connectivity index (χ3n) is 6.96. The van der Waals surface area contributed by atoms with Crippen LogP contribution in [0.25, 0.3) is 22.2 Å². The number of imidazole rings is 1. The molecule has 6 rings (SSSR count). The Balaban J connectivity index is 1.50. The maximum atomic E-state index is 13.3. The standard InChI is InChI=1S/C26H25F2N5O2/c1-26(2,34)24-29-11-16(12-30-24)14-7-8-17-18(9-14)33-19-10-20(23(33)31-17)32(3)13-15-5-4-6-21(22(15)19)35-25(27)28/h4-9,11-12,19-20,25,34H,10,13H2,1-3H3/t19-,20-/m0/s1. The maximum Gasteiger partial charge on any atom is 0.387 e. The number of halogens is 2. The first-order valence-electron chi connectivity index (χ1n) is 11.5. The summed E-state index contributed by atoms with van der Waals surface area (Å²) in [7, 11) is 2.04. The third-order valence-corrected chi connectivity index (χ3v) is 6.96. The molecule has 180 valence electrons. The minimum atomic E-state index is -2.89. The Morgan fingerprint density at radius 3 is 2.57 bits per heavy atom. The fraction of sp³-hybridized carbons (Fsp3) is 0.346. The van der Waals surface area contributed by atoms with Crippen LogP contribution in [0.15, 0.2) is 48.8 Å². The van der Waals surface area contributed by atoms with Gasteiger partial charge in [0.2, 0.25) is 0 Å². The molecule has 0 spiro atoms. The van der Waals surface area contributed by atoms with Gasteiger partial charge >= 0.3 is 6.61 Å². The largest absolute Gasteiger partial charge is 0.434 e. The highest BCUT2D eigenvalue weighted by atomic mass is 19.3. The van der Waals surface area contributed by atoms with E-state index in [1.807, 2.05) is 31.3 Å². The second kappa shape index (κ2) is 7.79. The molecule has 0 fully saturated rings. The summed E-state index contributed by atoms with van der Waals surface area (Å²) in [5, 5.41) is 10.2. The smallest absolute Gasteiger partial charge is 0.387 e. The fourth-order valence-corrected chi connectivity index (χ4v) is 5.38. The lowest BCUT2D eigenvalue weighted by Gasteiger charge is -2.24. The number of aliphatic hydroxyl groups is 1. The second-order valence-corrected chi connectivity index (χ2v) is 9.79. The zero-order valence-corrected chi connectivity index (χ0v) is 19.6. The lowest BCUT2D eigenvalue weighted by Crippen LogP contribution is -2.23. The van der Waals surface area contributed by atoms with Gasteiger partial charge in [-0.2, -0.15) is 8.78 Å². The van der Waals surface area contributed by atoms with E-state index in [1.165, 1.54) is 0 Å². The van der Waals surface area contributed by atoms with Gasteiger partial charge in [0.25, 0.3) is 0 Å². The normalized spacial score (nSPS) is 19.6.